The van der Waals surface area contributed by atoms with Gasteiger partial charge in [0.1, 0.15) is 28.5 Å². The zero-order valence-corrected chi connectivity index (χ0v) is 26.0. The van der Waals surface area contributed by atoms with Crippen molar-refractivity contribution in [2.24, 2.45) is 11.8 Å². The van der Waals surface area contributed by atoms with Crippen molar-refractivity contribution in [1.82, 2.24) is 4.98 Å². The number of thioether (sulfide) groups is 1. The Morgan fingerprint density at radius 3 is 2.55 bits per heavy atom. The van der Waals surface area contributed by atoms with Crippen LogP contribution >= 0.6 is 11.8 Å². The summed E-state index contributed by atoms with van der Waals surface area (Å²) in [6.45, 7) is 14.3. The highest BCUT2D eigenvalue weighted by atomic mass is 32.2. The van der Waals surface area contributed by atoms with E-state index in [9.17, 15) is 9.59 Å². The van der Waals surface area contributed by atoms with Crippen LogP contribution in [0.25, 0.3) is 33.3 Å². The Morgan fingerprint density at radius 2 is 1.81 bits per heavy atom. The molecule has 9 heteroatoms. The summed E-state index contributed by atoms with van der Waals surface area (Å²) in [5.74, 6) is 2.15. The molecule has 2 aromatic carbocycles. The van der Waals surface area contributed by atoms with Crippen LogP contribution in [0.15, 0.2) is 51.7 Å². The minimum absolute atomic E-state index is 0.0979. The van der Waals surface area contributed by atoms with Crippen LogP contribution in [0.5, 0.6) is 5.75 Å². The second-order valence-electron chi connectivity index (χ2n) is 11.0. The Morgan fingerprint density at radius 1 is 1.02 bits per heavy atom. The summed E-state index contributed by atoms with van der Waals surface area (Å²) in [7, 11) is 0. The van der Waals surface area contributed by atoms with Crippen molar-refractivity contribution < 1.29 is 23.4 Å². The number of esters is 1. The maximum Gasteiger partial charge on any atom is 0.303 e. The predicted molar refractivity (Wildman–Crippen MR) is 169 cm³/mol. The Bertz CT molecular complexity index is 1580. The molecule has 0 N–H and O–H groups in total. The van der Waals surface area contributed by atoms with Crippen molar-refractivity contribution >= 4 is 45.3 Å². The number of hydrogen-bond acceptors (Lipinski definition) is 9. The van der Waals surface area contributed by atoms with E-state index in [1.807, 2.05) is 24.3 Å². The molecule has 3 aliphatic rings. The average Bonchev–Trinajstić information content (AvgIpc) is 2.97. The minimum atomic E-state index is -0.282. The normalized spacial score (nSPS) is 22.5. The lowest BCUT2D eigenvalue weighted by molar-refractivity contribution is -0.174. The van der Waals surface area contributed by atoms with Crippen molar-refractivity contribution in [3.63, 3.8) is 0 Å². The first kappa shape index (κ1) is 30.2. The summed E-state index contributed by atoms with van der Waals surface area (Å²) in [6, 6.07) is 13.0. The first-order chi connectivity index (χ1) is 20.2. The van der Waals surface area contributed by atoms with Gasteiger partial charge in [-0.2, -0.15) is 0 Å². The van der Waals surface area contributed by atoms with Crippen molar-refractivity contribution in [3.05, 3.63) is 52.7 Å². The Balaban J connectivity index is 1.29. The molecular weight excluding hydrogens is 552 g/mol. The van der Waals surface area contributed by atoms with E-state index in [1.165, 1.54) is 13.0 Å². The first-order valence-corrected chi connectivity index (χ1v) is 15.9. The molecule has 0 aromatic heterocycles. The molecule has 8 nitrogen and oxygen atoms in total. The molecule has 0 spiro atoms. The summed E-state index contributed by atoms with van der Waals surface area (Å²) in [5, 5.41) is 1.29. The van der Waals surface area contributed by atoms with Crippen molar-refractivity contribution in [2.45, 2.75) is 65.6 Å². The molecule has 5 rings (SSSR count). The molecule has 5 atom stereocenters. The van der Waals surface area contributed by atoms with Crippen LogP contribution in [-0.4, -0.2) is 54.0 Å². The summed E-state index contributed by atoms with van der Waals surface area (Å²) >= 11 is 1.66. The fraction of sp³-hybridized carbons (Fsp3) is 0.485. The molecule has 2 aromatic rings. The molecular formula is C33H40N2O6S. The van der Waals surface area contributed by atoms with Crippen LogP contribution in [0.3, 0.4) is 0 Å². The third-order valence-corrected chi connectivity index (χ3v) is 9.61. The Hall–Kier alpha value is -3.30. The van der Waals surface area contributed by atoms with Crippen LogP contribution in [0, 0.1) is 11.8 Å². The van der Waals surface area contributed by atoms with Crippen LogP contribution in [-0.2, 0) is 14.3 Å². The Labute approximate surface area is 251 Å². The Kier molecular flexibility index (Phi) is 9.28. The minimum Gasteiger partial charge on any atom is -0.494 e. The number of carbonyl (C=O) groups excluding carboxylic acids is 1. The van der Waals surface area contributed by atoms with Gasteiger partial charge in [-0.05, 0) is 69.2 Å². The lowest BCUT2D eigenvalue weighted by Gasteiger charge is -2.42. The van der Waals surface area contributed by atoms with Gasteiger partial charge in [0, 0.05) is 54.5 Å². The van der Waals surface area contributed by atoms with E-state index >= 15 is 0 Å². The molecule has 224 valence electrons. The van der Waals surface area contributed by atoms with E-state index in [2.05, 4.69) is 45.6 Å². The SMILES string of the molecule is CCN(CC)c1ccc2nc3c4cc(OCCCS[C@H]5O[C@@H](C)[C@@H](C)[C@@H](C)[C@@H]5OC(C)=O)ccc4c(=O)cc-3oc2c1. The highest BCUT2D eigenvalue weighted by Gasteiger charge is 2.41. The van der Waals surface area contributed by atoms with E-state index in [0.29, 0.717) is 46.1 Å². The van der Waals surface area contributed by atoms with Crippen molar-refractivity contribution in [2.75, 3.05) is 30.3 Å². The zero-order valence-electron chi connectivity index (χ0n) is 25.2. The van der Waals surface area contributed by atoms with E-state index < -0.39 is 0 Å². The number of hydrogen-bond donors (Lipinski definition) is 0. The van der Waals surface area contributed by atoms with Gasteiger partial charge in [0.15, 0.2) is 16.8 Å². The number of aromatic nitrogens is 1. The van der Waals surface area contributed by atoms with Gasteiger partial charge in [-0.15, -0.1) is 11.8 Å². The molecule has 2 heterocycles. The molecule has 0 bridgehead atoms. The fourth-order valence-electron chi connectivity index (χ4n) is 5.64. The maximum atomic E-state index is 12.9. The summed E-state index contributed by atoms with van der Waals surface area (Å²) in [4.78, 5) is 31.8. The van der Waals surface area contributed by atoms with Gasteiger partial charge in [0.05, 0.1) is 12.7 Å². The zero-order chi connectivity index (χ0) is 30.0. The summed E-state index contributed by atoms with van der Waals surface area (Å²) in [6.07, 6.45) is 0.608. The second-order valence-corrected chi connectivity index (χ2v) is 12.2. The van der Waals surface area contributed by atoms with Crippen LogP contribution < -0.4 is 15.1 Å². The predicted octanol–water partition coefficient (Wildman–Crippen LogP) is 6.74. The standard InChI is InChI=1S/C33H40N2O6S/c1-7-35(8-2)23-10-13-27-29(16-23)41-30-18-28(37)25-12-11-24(17-26(25)31(30)34-27)38-14-9-15-42-33-32(40-22(6)36)20(4)19(3)21(5)39-33/h10-13,16-21,32-33H,7-9,14-15H2,1-6H3/t19-,20+,21-,32-,33+/m0/s1. The van der Waals surface area contributed by atoms with Gasteiger partial charge in [-0.1, -0.05) is 13.8 Å². The molecule has 1 saturated heterocycles. The molecule has 2 aliphatic heterocycles. The fourth-order valence-corrected chi connectivity index (χ4v) is 6.90. The number of rotatable bonds is 10. The van der Waals surface area contributed by atoms with Gasteiger partial charge in [-0.3, -0.25) is 9.59 Å². The molecule has 0 saturated carbocycles. The summed E-state index contributed by atoms with van der Waals surface area (Å²) in [5.41, 5.74) is 2.76. The van der Waals surface area contributed by atoms with Crippen LogP contribution in [0.2, 0.25) is 0 Å². The van der Waals surface area contributed by atoms with Crippen molar-refractivity contribution in [3.8, 4) is 17.2 Å². The van der Waals surface area contributed by atoms with Gasteiger partial charge in [0.25, 0.3) is 0 Å². The number of fused-ring (bicyclic) bond motifs is 4. The lowest BCUT2D eigenvalue weighted by atomic mass is 9.85. The number of anilines is 1. The first-order valence-electron chi connectivity index (χ1n) is 14.8. The van der Waals surface area contributed by atoms with Gasteiger partial charge in [0.2, 0.25) is 0 Å². The number of carbonyl (C=O) groups is 1. The quantitative estimate of drug-likeness (QED) is 0.0859. The molecule has 0 amide bonds. The molecule has 0 unspecified atom stereocenters. The monoisotopic (exact) mass is 592 g/mol. The van der Waals surface area contributed by atoms with E-state index in [0.717, 1.165) is 36.5 Å². The number of benzene rings is 3. The highest BCUT2D eigenvalue weighted by Crippen LogP contribution is 2.38. The molecule has 1 fully saturated rings. The van der Waals surface area contributed by atoms with E-state index in [-0.39, 0.29) is 35.0 Å². The van der Waals surface area contributed by atoms with Crippen molar-refractivity contribution in [1.29, 1.82) is 0 Å². The average molecular weight is 593 g/mol. The number of ether oxygens (including phenoxy) is 3. The number of nitrogens with zero attached hydrogens (tertiary/aromatic N) is 2. The van der Waals surface area contributed by atoms with E-state index in [4.69, 9.17) is 23.6 Å². The van der Waals surface area contributed by atoms with Crippen LogP contribution in [0.1, 0.15) is 48.0 Å². The smallest absolute Gasteiger partial charge is 0.303 e. The third-order valence-electron chi connectivity index (χ3n) is 8.38. The summed E-state index contributed by atoms with van der Waals surface area (Å²) < 4.78 is 24.1. The lowest BCUT2D eigenvalue weighted by Crippen LogP contribution is -2.48. The van der Waals surface area contributed by atoms with Gasteiger partial charge >= 0.3 is 5.97 Å². The van der Waals surface area contributed by atoms with Gasteiger partial charge in [-0.25, -0.2) is 4.98 Å². The maximum absolute atomic E-state index is 12.9. The topological polar surface area (TPSA) is 91.1 Å². The molecule has 1 aliphatic carbocycles. The second kappa shape index (κ2) is 12.9. The third kappa shape index (κ3) is 6.22. The molecule has 0 radical (unpaired) electrons. The highest BCUT2D eigenvalue weighted by molar-refractivity contribution is 7.99. The van der Waals surface area contributed by atoms with E-state index in [1.54, 1.807) is 17.8 Å². The molecule has 42 heavy (non-hydrogen) atoms. The largest absolute Gasteiger partial charge is 0.494 e. The van der Waals surface area contributed by atoms with Crippen LogP contribution in [0.4, 0.5) is 5.69 Å². The van der Waals surface area contributed by atoms with Gasteiger partial charge < -0.3 is 23.5 Å².